The number of hydrogen-bond donors (Lipinski definition) is 2. The molecule has 1 amide bonds. The lowest BCUT2D eigenvalue weighted by atomic mass is 9.74. The molecule has 1 aliphatic heterocycles. The van der Waals surface area contributed by atoms with Crippen molar-refractivity contribution in [3.05, 3.63) is 59.4 Å². The van der Waals surface area contributed by atoms with Gasteiger partial charge in [0, 0.05) is 0 Å². The fourth-order valence-electron chi connectivity index (χ4n) is 4.51. The van der Waals surface area contributed by atoms with Crippen LogP contribution >= 0.6 is 0 Å². The highest BCUT2D eigenvalue weighted by atomic mass is 19.1. The molecule has 168 valence electrons. The molecule has 3 N–H and O–H groups in total. The van der Waals surface area contributed by atoms with Crippen LogP contribution in [-0.4, -0.2) is 35.5 Å². The number of carbonyl (C=O) groups is 1. The molecule has 1 aliphatic rings. The van der Waals surface area contributed by atoms with Crippen LogP contribution in [0.15, 0.2) is 36.8 Å². The van der Waals surface area contributed by atoms with Crippen LogP contribution in [0.25, 0.3) is 17.2 Å². The van der Waals surface area contributed by atoms with Crippen molar-refractivity contribution in [3.8, 4) is 11.5 Å². The summed E-state index contributed by atoms with van der Waals surface area (Å²) in [5.74, 6) is 0.490. The van der Waals surface area contributed by atoms with Gasteiger partial charge < -0.3 is 11.1 Å². The molecule has 4 aromatic rings. The van der Waals surface area contributed by atoms with E-state index in [2.05, 4.69) is 39.2 Å². The molecule has 0 fully saturated rings. The minimum Gasteiger partial charge on any atom is -0.383 e. The molecule has 0 saturated heterocycles. The molecular formula is C23H23FN8O. The number of nitrogen functional groups attached to an aromatic ring is 1. The SMILES string of the molecule is CCC1(c2ccc(F)cc2)C(=O)Nc2nc(-c3cn4ncnc4c(CC(C)C)n3)nc(N)c21. The fourth-order valence-corrected chi connectivity index (χ4v) is 4.51. The van der Waals surface area contributed by atoms with E-state index in [1.54, 1.807) is 22.8 Å². The zero-order chi connectivity index (χ0) is 23.3. The average molecular weight is 446 g/mol. The number of aromatic nitrogens is 6. The van der Waals surface area contributed by atoms with Crippen molar-refractivity contribution in [2.45, 2.75) is 39.0 Å². The van der Waals surface area contributed by atoms with E-state index in [4.69, 9.17) is 10.7 Å². The predicted octanol–water partition coefficient (Wildman–Crippen LogP) is 3.15. The number of benzene rings is 1. The largest absolute Gasteiger partial charge is 0.383 e. The molecule has 33 heavy (non-hydrogen) atoms. The summed E-state index contributed by atoms with van der Waals surface area (Å²) in [6.07, 6.45) is 4.28. The Morgan fingerprint density at radius 2 is 1.94 bits per heavy atom. The van der Waals surface area contributed by atoms with Crippen molar-refractivity contribution in [2.24, 2.45) is 5.92 Å². The van der Waals surface area contributed by atoms with Gasteiger partial charge in [0.25, 0.3) is 0 Å². The van der Waals surface area contributed by atoms with E-state index in [1.165, 1.54) is 18.5 Å². The van der Waals surface area contributed by atoms with E-state index >= 15 is 0 Å². The van der Waals surface area contributed by atoms with Crippen molar-refractivity contribution < 1.29 is 9.18 Å². The number of hydrogen-bond acceptors (Lipinski definition) is 7. The van der Waals surface area contributed by atoms with Gasteiger partial charge in [-0.25, -0.2) is 28.8 Å². The number of halogens is 1. The molecule has 1 atom stereocenters. The lowest BCUT2D eigenvalue weighted by Crippen LogP contribution is -2.35. The Bertz CT molecular complexity index is 1380. The van der Waals surface area contributed by atoms with Crippen molar-refractivity contribution in [1.29, 1.82) is 0 Å². The lowest BCUT2D eigenvalue weighted by Gasteiger charge is -2.27. The second kappa shape index (κ2) is 7.58. The maximum Gasteiger partial charge on any atom is 0.240 e. The molecule has 1 unspecified atom stereocenters. The lowest BCUT2D eigenvalue weighted by molar-refractivity contribution is -0.119. The van der Waals surface area contributed by atoms with Crippen molar-refractivity contribution in [2.75, 3.05) is 11.1 Å². The molecule has 5 rings (SSSR count). The van der Waals surface area contributed by atoms with Gasteiger partial charge in [0.2, 0.25) is 5.91 Å². The predicted molar refractivity (Wildman–Crippen MR) is 121 cm³/mol. The van der Waals surface area contributed by atoms with Crippen molar-refractivity contribution in [3.63, 3.8) is 0 Å². The maximum atomic E-state index is 13.5. The molecule has 0 saturated carbocycles. The summed E-state index contributed by atoms with van der Waals surface area (Å²) < 4.78 is 15.2. The molecule has 0 bridgehead atoms. The molecule has 3 aromatic heterocycles. The number of carbonyl (C=O) groups excluding carboxylic acids is 1. The number of nitrogens with two attached hydrogens (primary N) is 1. The number of anilines is 2. The fraction of sp³-hybridized carbons (Fsp3) is 0.304. The molecule has 1 aromatic carbocycles. The van der Waals surface area contributed by atoms with Gasteiger partial charge in [-0.05, 0) is 36.5 Å². The molecule has 0 aliphatic carbocycles. The average Bonchev–Trinajstić information content (AvgIpc) is 3.36. The van der Waals surface area contributed by atoms with Gasteiger partial charge >= 0.3 is 0 Å². The van der Waals surface area contributed by atoms with Gasteiger partial charge in [-0.3, -0.25) is 4.79 Å². The first kappa shape index (κ1) is 20.9. The Hall–Kier alpha value is -3.95. The zero-order valence-corrected chi connectivity index (χ0v) is 18.5. The van der Waals surface area contributed by atoms with E-state index < -0.39 is 5.41 Å². The van der Waals surface area contributed by atoms with Gasteiger partial charge in [-0.15, -0.1) is 0 Å². The topological polar surface area (TPSA) is 124 Å². The van der Waals surface area contributed by atoms with E-state index in [0.717, 1.165) is 5.69 Å². The number of nitrogens with zero attached hydrogens (tertiary/aromatic N) is 6. The third kappa shape index (κ3) is 3.21. The molecule has 9 nitrogen and oxygen atoms in total. The number of nitrogens with one attached hydrogen (secondary N) is 1. The van der Waals surface area contributed by atoms with Crippen LogP contribution in [-0.2, 0) is 16.6 Å². The Morgan fingerprint density at radius 3 is 2.64 bits per heavy atom. The third-order valence-corrected chi connectivity index (χ3v) is 6.01. The normalized spacial score (nSPS) is 17.5. The van der Waals surface area contributed by atoms with Gasteiger partial charge in [0.15, 0.2) is 11.5 Å². The summed E-state index contributed by atoms with van der Waals surface area (Å²) in [4.78, 5) is 31.4. The maximum absolute atomic E-state index is 13.5. The van der Waals surface area contributed by atoms with E-state index in [0.29, 0.717) is 47.0 Å². The van der Waals surface area contributed by atoms with Gasteiger partial charge in [-0.1, -0.05) is 32.9 Å². The van der Waals surface area contributed by atoms with Crippen molar-refractivity contribution in [1.82, 2.24) is 29.5 Å². The molecule has 10 heteroatoms. The number of amides is 1. The summed E-state index contributed by atoms with van der Waals surface area (Å²) in [5, 5.41) is 7.10. The Morgan fingerprint density at radius 1 is 1.18 bits per heavy atom. The summed E-state index contributed by atoms with van der Waals surface area (Å²) in [6, 6.07) is 5.85. The van der Waals surface area contributed by atoms with Crippen LogP contribution in [0.4, 0.5) is 16.0 Å². The van der Waals surface area contributed by atoms with Crippen LogP contribution in [0, 0.1) is 11.7 Å². The summed E-state index contributed by atoms with van der Waals surface area (Å²) in [5.41, 5.74) is 8.38. The Balaban J connectivity index is 1.67. The van der Waals surface area contributed by atoms with Crippen LogP contribution in [0.2, 0.25) is 0 Å². The minimum absolute atomic E-state index is 0.172. The molecular weight excluding hydrogens is 423 g/mol. The van der Waals surface area contributed by atoms with Gasteiger partial charge in [0.05, 0.1) is 17.5 Å². The quantitative estimate of drug-likeness (QED) is 0.482. The second-order valence-corrected chi connectivity index (χ2v) is 8.57. The Kier molecular flexibility index (Phi) is 4.80. The first-order valence-electron chi connectivity index (χ1n) is 10.8. The summed E-state index contributed by atoms with van der Waals surface area (Å²) >= 11 is 0. The zero-order valence-electron chi connectivity index (χ0n) is 18.5. The van der Waals surface area contributed by atoms with Crippen LogP contribution in [0.5, 0.6) is 0 Å². The highest BCUT2D eigenvalue weighted by molar-refractivity contribution is 6.09. The van der Waals surface area contributed by atoms with E-state index in [9.17, 15) is 9.18 Å². The van der Waals surface area contributed by atoms with E-state index in [-0.39, 0.29) is 23.4 Å². The van der Waals surface area contributed by atoms with Crippen LogP contribution in [0.3, 0.4) is 0 Å². The van der Waals surface area contributed by atoms with E-state index in [1.807, 2.05) is 6.92 Å². The standard InChI is InChI=1S/C23H23FN8O/c1-4-23(13-5-7-14(24)8-6-13)17-18(25)29-19(30-20(17)31-22(23)33)16-10-32-21(26-11-27-32)15(28-16)9-12(2)3/h5-8,10-12H,4,9H2,1-3H3,(H3,25,29,30,31,33). The number of fused-ring (bicyclic) bond motifs is 2. The summed E-state index contributed by atoms with van der Waals surface area (Å²) in [7, 11) is 0. The minimum atomic E-state index is -1.10. The third-order valence-electron chi connectivity index (χ3n) is 6.01. The van der Waals surface area contributed by atoms with Crippen molar-refractivity contribution >= 4 is 23.2 Å². The Labute approximate surface area is 189 Å². The van der Waals surface area contributed by atoms with Crippen LogP contribution in [0.1, 0.15) is 44.0 Å². The van der Waals surface area contributed by atoms with Gasteiger partial charge in [0.1, 0.15) is 34.9 Å². The second-order valence-electron chi connectivity index (χ2n) is 8.57. The van der Waals surface area contributed by atoms with Gasteiger partial charge in [-0.2, -0.15) is 5.10 Å². The molecule has 4 heterocycles. The summed E-state index contributed by atoms with van der Waals surface area (Å²) in [6.45, 7) is 6.07. The monoisotopic (exact) mass is 446 g/mol. The smallest absolute Gasteiger partial charge is 0.240 e. The molecule has 0 spiro atoms. The highest BCUT2D eigenvalue weighted by Gasteiger charge is 2.50. The first-order valence-corrected chi connectivity index (χ1v) is 10.8. The first-order chi connectivity index (χ1) is 15.8. The molecule has 0 radical (unpaired) electrons. The van der Waals surface area contributed by atoms with Crippen LogP contribution < -0.4 is 11.1 Å². The highest BCUT2D eigenvalue weighted by Crippen LogP contribution is 2.47. The number of rotatable bonds is 5.